The van der Waals surface area contributed by atoms with Crippen LogP contribution >= 0.6 is 11.6 Å². The van der Waals surface area contributed by atoms with Crippen molar-refractivity contribution in [3.63, 3.8) is 0 Å². The van der Waals surface area contributed by atoms with E-state index in [4.69, 9.17) is 21.4 Å². The second-order valence-corrected chi connectivity index (χ2v) is 5.28. The Balaban J connectivity index is 1.85. The molecule has 1 saturated heterocycles. The number of hydrogen-bond acceptors (Lipinski definition) is 3. The summed E-state index contributed by atoms with van der Waals surface area (Å²) in [5, 5.41) is 9.73. The summed E-state index contributed by atoms with van der Waals surface area (Å²) in [6.07, 6.45) is 0.863. The molecular formula is C14H18ClNO3. The number of nitrogens with zero attached hydrogens (tertiary/aromatic N) is 1. The van der Waals surface area contributed by atoms with Crippen molar-refractivity contribution in [2.75, 3.05) is 26.3 Å². The zero-order valence-corrected chi connectivity index (χ0v) is 11.7. The van der Waals surface area contributed by atoms with Crippen LogP contribution < -0.4 is 4.74 Å². The van der Waals surface area contributed by atoms with Crippen LogP contribution in [0.2, 0.25) is 5.02 Å². The van der Waals surface area contributed by atoms with E-state index in [9.17, 15) is 4.79 Å². The number of carbonyl (C=O) groups is 1. The first kappa shape index (κ1) is 14.2. The number of aryl methyl sites for hydroxylation is 1. The number of carbonyl (C=O) groups excluding carboxylic acids is 1. The maximum atomic E-state index is 11.9. The van der Waals surface area contributed by atoms with E-state index in [-0.39, 0.29) is 25.0 Å². The minimum atomic E-state index is -0.0384. The van der Waals surface area contributed by atoms with E-state index >= 15 is 0 Å². The number of amides is 1. The van der Waals surface area contributed by atoms with Crippen molar-refractivity contribution >= 4 is 17.5 Å². The van der Waals surface area contributed by atoms with Crippen LogP contribution in [0.3, 0.4) is 0 Å². The van der Waals surface area contributed by atoms with Gasteiger partial charge in [0.05, 0.1) is 0 Å². The number of aliphatic hydroxyl groups is 1. The topological polar surface area (TPSA) is 49.8 Å². The van der Waals surface area contributed by atoms with Gasteiger partial charge in [0.1, 0.15) is 5.75 Å². The van der Waals surface area contributed by atoms with Gasteiger partial charge >= 0.3 is 0 Å². The van der Waals surface area contributed by atoms with Gasteiger partial charge < -0.3 is 14.7 Å². The summed E-state index contributed by atoms with van der Waals surface area (Å²) in [5.41, 5.74) is 0.924. The molecule has 0 saturated carbocycles. The van der Waals surface area contributed by atoms with Crippen LogP contribution in [-0.4, -0.2) is 42.2 Å². The Bertz CT molecular complexity index is 464. The van der Waals surface area contributed by atoms with Crippen molar-refractivity contribution in [2.24, 2.45) is 5.92 Å². The maximum Gasteiger partial charge on any atom is 0.260 e. The first-order chi connectivity index (χ1) is 9.10. The van der Waals surface area contributed by atoms with Gasteiger partial charge in [0.25, 0.3) is 5.91 Å². The average molecular weight is 284 g/mol. The fraction of sp³-hybridized carbons (Fsp3) is 0.500. The van der Waals surface area contributed by atoms with Gasteiger partial charge in [0.15, 0.2) is 6.61 Å². The highest BCUT2D eigenvalue weighted by Crippen LogP contribution is 2.21. The molecule has 0 aliphatic carbocycles. The van der Waals surface area contributed by atoms with Crippen molar-refractivity contribution in [2.45, 2.75) is 13.3 Å². The van der Waals surface area contributed by atoms with Crippen LogP contribution in [0.5, 0.6) is 5.75 Å². The Morgan fingerprint density at radius 2 is 2.37 bits per heavy atom. The Labute approximate surface area is 117 Å². The number of aliphatic hydroxyl groups excluding tert-OH is 1. The van der Waals surface area contributed by atoms with E-state index in [0.717, 1.165) is 12.0 Å². The van der Waals surface area contributed by atoms with Gasteiger partial charge in [0, 0.05) is 30.6 Å². The molecule has 2 rings (SSSR count). The Morgan fingerprint density at radius 1 is 1.58 bits per heavy atom. The normalized spacial score (nSPS) is 18.7. The van der Waals surface area contributed by atoms with Gasteiger partial charge in [0.2, 0.25) is 0 Å². The molecule has 1 heterocycles. The highest BCUT2D eigenvalue weighted by atomic mass is 35.5. The molecule has 4 nitrogen and oxygen atoms in total. The van der Waals surface area contributed by atoms with Crippen LogP contribution in [0, 0.1) is 12.8 Å². The number of rotatable bonds is 4. The van der Waals surface area contributed by atoms with Crippen LogP contribution in [0.4, 0.5) is 0 Å². The third-order valence-electron chi connectivity index (χ3n) is 3.39. The van der Waals surface area contributed by atoms with Gasteiger partial charge in [-0.3, -0.25) is 4.79 Å². The fourth-order valence-corrected chi connectivity index (χ4v) is 2.27. The molecule has 1 aromatic carbocycles. The van der Waals surface area contributed by atoms with Crippen molar-refractivity contribution in [3.05, 3.63) is 28.8 Å². The Hall–Kier alpha value is -1.26. The molecule has 1 unspecified atom stereocenters. The van der Waals surface area contributed by atoms with Crippen LogP contribution in [-0.2, 0) is 4.79 Å². The summed E-state index contributed by atoms with van der Waals surface area (Å²) in [4.78, 5) is 13.7. The van der Waals surface area contributed by atoms with E-state index < -0.39 is 0 Å². The van der Waals surface area contributed by atoms with Gasteiger partial charge in [-0.25, -0.2) is 0 Å². The maximum absolute atomic E-state index is 11.9. The molecule has 1 amide bonds. The molecule has 0 radical (unpaired) electrons. The number of hydrogen-bond donors (Lipinski definition) is 1. The Morgan fingerprint density at radius 3 is 3.00 bits per heavy atom. The molecule has 0 bridgehead atoms. The first-order valence-electron chi connectivity index (χ1n) is 6.37. The molecule has 0 aromatic heterocycles. The predicted octanol–water partition coefficient (Wildman–Crippen LogP) is 1.87. The second kappa shape index (κ2) is 6.26. The zero-order chi connectivity index (χ0) is 13.8. The van der Waals surface area contributed by atoms with Crippen LogP contribution in [0.15, 0.2) is 18.2 Å². The van der Waals surface area contributed by atoms with Gasteiger partial charge in [-0.2, -0.15) is 0 Å². The van der Waals surface area contributed by atoms with E-state index in [0.29, 0.717) is 23.9 Å². The SMILES string of the molecule is Cc1cc(OCC(=O)N2CCC(CO)C2)ccc1Cl. The summed E-state index contributed by atoms with van der Waals surface area (Å²) in [6, 6.07) is 5.33. The van der Waals surface area contributed by atoms with E-state index in [1.165, 1.54) is 0 Å². The molecule has 1 aromatic rings. The Kier molecular flexibility index (Phi) is 4.66. The summed E-state index contributed by atoms with van der Waals surface area (Å²) >= 11 is 5.92. The predicted molar refractivity (Wildman–Crippen MR) is 73.5 cm³/mol. The quantitative estimate of drug-likeness (QED) is 0.918. The third-order valence-corrected chi connectivity index (χ3v) is 3.81. The molecule has 19 heavy (non-hydrogen) atoms. The zero-order valence-electron chi connectivity index (χ0n) is 10.9. The summed E-state index contributed by atoms with van der Waals surface area (Å²) in [7, 11) is 0. The lowest BCUT2D eigenvalue weighted by Gasteiger charge is -2.16. The van der Waals surface area contributed by atoms with Crippen LogP contribution in [0.1, 0.15) is 12.0 Å². The summed E-state index contributed by atoms with van der Waals surface area (Å²) < 4.78 is 5.47. The highest BCUT2D eigenvalue weighted by molar-refractivity contribution is 6.31. The van der Waals surface area contributed by atoms with E-state index in [1.54, 1.807) is 17.0 Å². The number of ether oxygens (including phenoxy) is 1. The molecule has 5 heteroatoms. The molecule has 1 aliphatic rings. The molecule has 104 valence electrons. The van der Waals surface area contributed by atoms with Crippen molar-refractivity contribution in [3.8, 4) is 5.75 Å². The van der Waals surface area contributed by atoms with Gasteiger partial charge in [-0.15, -0.1) is 0 Å². The fourth-order valence-electron chi connectivity index (χ4n) is 2.15. The van der Waals surface area contributed by atoms with Crippen molar-refractivity contribution in [1.29, 1.82) is 0 Å². The number of likely N-dealkylation sites (tertiary alicyclic amines) is 1. The third kappa shape index (κ3) is 3.61. The highest BCUT2D eigenvalue weighted by Gasteiger charge is 2.25. The lowest BCUT2D eigenvalue weighted by Crippen LogP contribution is -2.33. The monoisotopic (exact) mass is 283 g/mol. The number of halogens is 1. The molecule has 1 atom stereocenters. The van der Waals surface area contributed by atoms with Crippen molar-refractivity contribution < 1.29 is 14.6 Å². The molecule has 0 spiro atoms. The van der Waals surface area contributed by atoms with E-state index in [1.807, 2.05) is 13.0 Å². The number of benzene rings is 1. The molecule has 1 N–H and O–H groups in total. The molecular weight excluding hydrogens is 266 g/mol. The van der Waals surface area contributed by atoms with Gasteiger partial charge in [-0.05, 0) is 37.1 Å². The van der Waals surface area contributed by atoms with Gasteiger partial charge in [-0.1, -0.05) is 11.6 Å². The lowest BCUT2D eigenvalue weighted by atomic mass is 10.1. The minimum Gasteiger partial charge on any atom is -0.484 e. The summed E-state index contributed by atoms with van der Waals surface area (Å²) in [5.74, 6) is 0.818. The largest absolute Gasteiger partial charge is 0.484 e. The minimum absolute atomic E-state index is 0.0270. The molecule has 1 fully saturated rings. The molecule has 1 aliphatic heterocycles. The smallest absolute Gasteiger partial charge is 0.260 e. The van der Waals surface area contributed by atoms with Crippen LogP contribution in [0.25, 0.3) is 0 Å². The lowest BCUT2D eigenvalue weighted by molar-refractivity contribution is -0.132. The van der Waals surface area contributed by atoms with E-state index in [2.05, 4.69) is 0 Å². The summed E-state index contributed by atoms with van der Waals surface area (Å²) in [6.45, 7) is 3.38. The second-order valence-electron chi connectivity index (χ2n) is 4.88. The standard InChI is InChI=1S/C14H18ClNO3/c1-10-6-12(2-3-13(10)15)19-9-14(18)16-5-4-11(7-16)8-17/h2-3,6,11,17H,4-5,7-9H2,1H3. The van der Waals surface area contributed by atoms with Crippen molar-refractivity contribution in [1.82, 2.24) is 4.90 Å². The average Bonchev–Trinajstić information content (AvgIpc) is 2.88. The first-order valence-corrected chi connectivity index (χ1v) is 6.75.